The molecular weight excluding hydrogens is 176 g/mol. The van der Waals surface area contributed by atoms with Gasteiger partial charge < -0.3 is 10.1 Å². The average Bonchev–Trinajstić information content (AvgIpc) is 2.00. The molecule has 3 heteroatoms. The van der Waals surface area contributed by atoms with Crippen LogP contribution in [-0.2, 0) is 4.74 Å². The maximum atomic E-state index is 5.45. The molecule has 0 spiro atoms. The van der Waals surface area contributed by atoms with E-state index >= 15 is 0 Å². The minimum absolute atomic E-state index is 0.00908. The molecule has 1 aliphatic heterocycles. The summed E-state index contributed by atoms with van der Waals surface area (Å²) in [5.74, 6) is 0. The monoisotopic (exact) mass is 200 g/mol. The molecule has 1 fully saturated rings. The highest BCUT2D eigenvalue weighted by molar-refractivity contribution is 4.87. The van der Waals surface area contributed by atoms with Gasteiger partial charge in [-0.1, -0.05) is 0 Å². The summed E-state index contributed by atoms with van der Waals surface area (Å²) in [6.07, 6.45) is 1.08. The van der Waals surface area contributed by atoms with Crippen molar-refractivity contribution in [2.75, 3.05) is 27.2 Å². The van der Waals surface area contributed by atoms with E-state index in [1.165, 1.54) is 0 Å². The molecule has 1 N–H and O–H groups in total. The van der Waals surface area contributed by atoms with Crippen molar-refractivity contribution in [3.8, 4) is 0 Å². The first-order valence-corrected chi connectivity index (χ1v) is 5.44. The fourth-order valence-corrected chi connectivity index (χ4v) is 1.86. The van der Waals surface area contributed by atoms with Crippen LogP contribution in [0.25, 0.3) is 0 Å². The average molecular weight is 200 g/mol. The van der Waals surface area contributed by atoms with Gasteiger partial charge in [-0.3, -0.25) is 4.90 Å². The van der Waals surface area contributed by atoms with E-state index in [1.807, 2.05) is 0 Å². The number of methoxy groups -OCH3 is 1. The number of nitrogens with zero attached hydrogens (tertiary/aromatic N) is 1. The second kappa shape index (κ2) is 4.60. The van der Waals surface area contributed by atoms with Crippen LogP contribution in [0.1, 0.15) is 27.2 Å². The van der Waals surface area contributed by atoms with Crippen LogP contribution in [0.4, 0.5) is 0 Å². The highest BCUT2D eigenvalue weighted by atomic mass is 16.5. The molecule has 0 aromatic carbocycles. The third-order valence-corrected chi connectivity index (χ3v) is 3.37. The molecule has 0 amide bonds. The van der Waals surface area contributed by atoms with Gasteiger partial charge in [0.1, 0.15) is 0 Å². The maximum Gasteiger partial charge on any atom is 0.0637 e. The molecule has 3 nitrogen and oxygen atoms in total. The third-order valence-electron chi connectivity index (χ3n) is 3.37. The zero-order chi connectivity index (χ0) is 10.8. The summed E-state index contributed by atoms with van der Waals surface area (Å²) in [5.41, 5.74) is -0.00908. The number of hydrogen-bond acceptors (Lipinski definition) is 3. The Bertz CT molecular complexity index is 178. The summed E-state index contributed by atoms with van der Waals surface area (Å²) in [7, 11) is 4.00. The molecule has 0 aliphatic carbocycles. The van der Waals surface area contributed by atoms with Crippen LogP contribution in [0.15, 0.2) is 0 Å². The fourth-order valence-electron chi connectivity index (χ4n) is 1.86. The van der Waals surface area contributed by atoms with Gasteiger partial charge in [0.15, 0.2) is 0 Å². The quantitative estimate of drug-likeness (QED) is 0.719. The number of hydrogen-bond donors (Lipinski definition) is 1. The maximum absolute atomic E-state index is 5.45. The molecule has 0 aromatic heterocycles. The summed E-state index contributed by atoms with van der Waals surface area (Å²) in [5, 5.41) is 3.30. The Morgan fingerprint density at radius 1 is 1.50 bits per heavy atom. The largest absolute Gasteiger partial charge is 0.379 e. The van der Waals surface area contributed by atoms with Crippen LogP contribution in [0.5, 0.6) is 0 Å². The number of ether oxygens (including phenoxy) is 1. The lowest BCUT2D eigenvalue weighted by Crippen LogP contribution is -2.58. The van der Waals surface area contributed by atoms with Crippen LogP contribution in [-0.4, -0.2) is 49.8 Å². The van der Waals surface area contributed by atoms with E-state index in [-0.39, 0.29) is 5.60 Å². The van der Waals surface area contributed by atoms with E-state index in [1.54, 1.807) is 7.11 Å². The summed E-state index contributed by atoms with van der Waals surface area (Å²) in [6, 6.07) is 1.30. The minimum atomic E-state index is -0.00908. The molecule has 1 heterocycles. The molecule has 14 heavy (non-hydrogen) atoms. The van der Waals surface area contributed by atoms with Crippen molar-refractivity contribution in [1.29, 1.82) is 0 Å². The molecule has 84 valence electrons. The first kappa shape index (κ1) is 12.0. The molecule has 1 unspecified atom stereocenters. The van der Waals surface area contributed by atoms with Crippen LogP contribution >= 0.6 is 0 Å². The van der Waals surface area contributed by atoms with Crippen molar-refractivity contribution in [3.05, 3.63) is 0 Å². The summed E-state index contributed by atoms with van der Waals surface area (Å²) in [6.45, 7) is 8.84. The number of rotatable bonds is 5. The summed E-state index contributed by atoms with van der Waals surface area (Å²) >= 11 is 0. The van der Waals surface area contributed by atoms with Gasteiger partial charge >= 0.3 is 0 Å². The zero-order valence-corrected chi connectivity index (χ0v) is 10.1. The Morgan fingerprint density at radius 3 is 2.43 bits per heavy atom. The first-order valence-electron chi connectivity index (χ1n) is 5.44. The van der Waals surface area contributed by atoms with Crippen molar-refractivity contribution in [2.24, 2.45) is 0 Å². The van der Waals surface area contributed by atoms with Gasteiger partial charge in [-0.05, 0) is 34.2 Å². The van der Waals surface area contributed by atoms with Gasteiger partial charge in [0.25, 0.3) is 0 Å². The number of likely N-dealkylation sites (N-methyl/N-ethyl adjacent to an activating group) is 1. The lowest BCUT2D eigenvalue weighted by atomic mass is 9.97. The molecular formula is C11H24N2O. The van der Waals surface area contributed by atoms with Gasteiger partial charge in [-0.25, -0.2) is 0 Å². The van der Waals surface area contributed by atoms with Crippen molar-refractivity contribution < 1.29 is 4.74 Å². The van der Waals surface area contributed by atoms with E-state index in [9.17, 15) is 0 Å². The van der Waals surface area contributed by atoms with Crippen molar-refractivity contribution in [3.63, 3.8) is 0 Å². The normalized spacial score (nSPS) is 21.0. The number of nitrogens with one attached hydrogen (secondary N) is 1. The standard InChI is InChI=1S/C11H24N2O/c1-9(6-11(2,3)14-5)13(4)10-7-12-8-10/h9-10,12H,6-8H2,1-5H3. The van der Waals surface area contributed by atoms with Crippen LogP contribution in [0.2, 0.25) is 0 Å². The summed E-state index contributed by atoms with van der Waals surface area (Å²) < 4.78 is 5.45. The second-order valence-corrected chi connectivity index (χ2v) is 4.99. The van der Waals surface area contributed by atoms with Crippen LogP contribution in [0, 0.1) is 0 Å². The van der Waals surface area contributed by atoms with E-state index in [4.69, 9.17) is 4.74 Å². The van der Waals surface area contributed by atoms with Crippen molar-refractivity contribution in [1.82, 2.24) is 10.2 Å². The van der Waals surface area contributed by atoms with Crippen LogP contribution < -0.4 is 5.32 Å². The lowest BCUT2D eigenvalue weighted by molar-refractivity contribution is -0.0112. The lowest BCUT2D eigenvalue weighted by Gasteiger charge is -2.41. The Labute approximate surface area is 87.8 Å². The van der Waals surface area contributed by atoms with E-state index in [0.717, 1.165) is 25.6 Å². The van der Waals surface area contributed by atoms with Gasteiger partial charge in [0, 0.05) is 32.3 Å². The minimum Gasteiger partial charge on any atom is -0.379 e. The molecule has 0 aromatic rings. The highest BCUT2D eigenvalue weighted by Gasteiger charge is 2.28. The van der Waals surface area contributed by atoms with E-state index in [0.29, 0.717) is 6.04 Å². The fraction of sp³-hybridized carbons (Fsp3) is 1.00. The topological polar surface area (TPSA) is 24.5 Å². The SMILES string of the molecule is COC(C)(C)CC(C)N(C)C1CNC1. The van der Waals surface area contributed by atoms with Crippen LogP contribution in [0.3, 0.4) is 0 Å². The predicted octanol–water partition coefficient (Wildman–Crippen LogP) is 1.09. The molecule has 0 radical (unpaired) electrons. The van der Waals surface area contributed by atoms with E-state index in [2.05, 4.69) is 38.0 Å². The van der Waals surface area contributed by atoms with Gasteiger partial charge in [0.05, 0.1) is 5.60 Å². The van der Waals surface area contributed by atoms with Gasteiger partial charge in [0.2, 0.25) is 0 Å². The van der Waals surface area contributed by atoms with E-state index < -0.39 is 0 Å². The molecule has 1 rings (SSSR count). The zero-order valence-electron chi connectivity index (χ0n) is 10.1. The third kappa shape index (κ3) is 2.94. The molecule has 1 atom stereocenters. The van der Waals surface area contributed by atoms with Crippen molar-refractivity contribution >= 4 is 0 Å². The highest BCUT2D eigenvalue weighted by Crippen LogP contribution is 2.20. The molecule has 1 saturated heterocycles. The Hall–Kier alpha value is -0.120. The smallest absolute Gasteiger partial charge is 0.0637 e. The van der Waals surface area contributed by atoms with Gasteiger partial charge in [-0.2, -0.15) is 0 Å². The second-order valence-electron chi connectivity index (χ2n) is 4.99. The predicted molar refractivity (Wildman–Crippen MR) is 59.6 cm³/mol. The molecule has 1 aliphatic rings. The molecule has 0 saturated carbocycles. The Kier molecular flexibility index (Phi) is 3.93. The van der Waals surface area contributed by atoms with Crippen molar-refractivity contribution in [2.45, 2.75) is 44.9 Å². The van der Waals surface area contributed by atoms with Gasteiger partial charge in [-0.15, -0.1) is 0 Å². The molecule has 0 bridgehead atoms. The Morgan fingerprint density at radius 2 is 2.07 bits per heavy atom. The Balaban J connectivity index is 2.36. The summed E-state index contributed by atoms with van der Waals surface area (Å²) in [4.78, 5) is 2.46. The first-order chi connectivity index (χ1) is 6.46.